The number of carbonyl (C=O) groups excluding carboxylic acids is 2. The summed E-state index contributed by atoms with van der Waals surface area (Å²) in [6.45, 7) is 2.16. The van der Waals surface area contributed by atoms with E-state index < -0.39 is 5.97 Å². The molecule has 2 aromatic heterocycles. The largest absolute Gasteiger partial charge is 0.461 e. The highest BCUT2D eigenvalue weighted by Crippen LogP contribution is 2.31. The Kier molecular flexibility index (Phi) is 6.44. The third kappa shape index (κ3) is 4.48. The van der Waals surface area contributed by atoms with E-state index in [0.717, 1.165) is 40.3 Å². The number of ether oxygens (including phenoxy) is 1. The number of rotatable bonds is 7. The first-order valence-corrected chi connectivity index (χ1v) is 12.0. The van der Waals surface area contributed by atoms with E-state index in [0.29, 0.717) is 36.0 Å². The summed E-state index contributed by atoms with van der Waals surface area (Å²) in [5, 5.41) is 3.19. The highest BCUT2D eigenvalue weighted by molar-refractivity contribution is 6.33. The molecule has 3 heterocycles. The van der Waals surface area contributed by atoms with Gasteiger partial charge in [0.05, 0.1) is 18.3 Å². The molecule has 1 fully saturated rings. The number of hydrogen-bond acceptors (Lipinski definition) is 4. The topological polar surface area (TPSA) is 64.4 Å². The van der Waals surface area contributed by atoms with Crippen LogP contribution in [0.1, 0.15) is 35.3 Å². The lowest BCUT2D eigenvalue weighted by molar-refractivity contribution is -0.127. The molecule has 8 heteroatoms. The van der Waals surface area contributed by atoms with Gasteiger partial charge < -0.3 is 14.2 Å². The van der Waals surface area contributed by atoms with E-state index in [1.165, 1.54) is 0 Å². The van der Waals surface area contributed by atoms with E-state index in [1.807, 2.05) is 35.2 Å². The van der Waals surface area contributed by atoms with Gasteiger partial charge in [0, 0.05) is 52.4 Å². The number of amides is 1. The molecular formula is C26H23Cl2N3O3. The summed E-state index contributed by atoms with van der Waals surface area (Å²) in [4.78, 5) is 30.6. The second-order valence-corrected chi connectivity index (χ2v) is 9.24. The van der Waals surface area contributed by atoms with Crippen LogP contribution in [0.15, 0.2) is 54.7 Å². The molecule has 0 N–H and O–H groups in total. The van der Waals surface area contributed by atoms with Crippen molar-refractivity contribution < 1.29 is 14.3 Å². The van der Waals surface area contributed by atoms with Crippen LogP contribution in [-0.2, 0) is 16.1 Å². The van der Waals surface area contributed by atoms with Gasteiger partial charge in [-0.1, -0.05) is 41.4 Å². The summed E-state index contributed by atoms with van der Waals surface area (Å²) in [5.41, 5.74) is 3.06. The fraction of sp³-hybridized carbons (Fsp3) is 0.269. The molecule has 0 spiro atoms. The molecular weight excluding hydrogens is 473 g/mol. The third-order valence-corrected chi connectivity index (χ3v) is 6.78. The molecule has 1 saturated heterocycles. The minimum Gasteiger partial charge on any atom is -0.461 e. The standard InChI is InChI=1S/C26H23Cl2N3O3/c27-18-8-9-21(28)17(13-18)16-31-23-6-2-1-5-19(23)20-14-22(29-15-24(20)31)26(33)34-12-4-11-30-10-3-7-25(30)32/h1-2,5-6,8-9,13-15H,3-4,7,10-12,16H2. The molecule has 0 aliphatic carbocycles. The number of benzene rings is 2. The Morgan fingerprint density at radius 3 is 2.74 bits per heavy atom. The number of para-hydroxylation sites is 1. The number of hydrogen-bond donors (Lipinski definition) is 0. The van der Waals surface area contributed by atoms with E-state index in [4.69, 9.17) is 27.9 Å². The average molecular weight is 496 g/mol. The number of halogens is 2. The Hall–Kier alpha value is -3.09. The Morgan fingerprint density at radius 2 is 1.91 bits per heavy atom. The van der Waals surface area contributed by atoms with Gasteiger partial charge in [0.15, 0.2) is 0 Å². The first-order chi connectivity index (χ1) is 16.5. The zero-order chi connectivity index (χ0) is 23.7. The predicted octanol–water partition coefficient (Wildman–Crippen LogP) is 5.71. The molecule has 6 nitrogen and oxygen atoms in total. The Morgan fingerprint density at radius 1 is 1.06 bits per heavy atom. The molecule has 5 rings (SSSR count). The van der Waals surface area contributed by atoms with Gasteiger partial charge in [0.25, 0.3) is 0 Å². The summed E-state index contributed by atoms with van der Waals surface area (Å²) >= 11 is 12.6. The van der Waals surface area contributed by atoms with Crippen molar-refractivity contribution in [1.82, 2.24) is 14.5 Å². The quantitative estimate of drug-likeness (QED) is 0.243. The van der Waals surface area contributed by atoms with Gasteiger partial charge in [-0.25, -0.2) is 9.78 Å². The van der Waals surface area contributed by atoms with Crippen LogP contribution in [0.3, 0.4) is 0 Å². The lowest BCUT2D eigenvalue weighted by Gasteiger charge is -2.14. The van der Waals surface area contributed by atoms with Crippen LogP contribution in [0.2, 0.25) is 10.0 Å². The van der Waals surface area contributed by atoms with Gasteiger partial charge >= 0.3 is 5.97 Å². The Bertz CT molecular complexity index is 1400. The molecule has 0 radical (unpaired) electrons. The maximum absolute atomic E-state index is 12.7. The average Bonchev–Trinajstić information content (AvgIpc) is 3.39. The van der Waals surface area contributed by atoms with Crippen LogP contribution in [0.4, 0.5) is 0 Å². The Labute approximate surface area is 207 Å². The first-order valence-electron chi connectivity index (χ1n) is 11.3. The van der Waals surface area contributed by atoms with Gasteiger partial charge in [-0.2, -0.15) is 0 Å². The smallest absolute Gasteiger partial charge is 0.356 e. The summed E-state index contributed by atoms with van der Waals surface area (Å²) in [5.74, 6) is -0.293. The summed E-state index contributed by atoms with van der Waals surface area (Å²) in [6.07, 6.45) is 3.83. The lowest BCUT2D eigenvalue weighted by Crippen LogP contribution is -2.26. The van der Waals surface area contributed by atoms with Crippen molar-refractivity contribution in [3.8, 4) is 0 Å². The molecule has 0 unspecified atom stereocenters. The van der Waals surface area contributed by atoms with Gasteiger partial charge in [-0.05, 0) is 48.7 Å². The number of esters is 1. The van der Waals surface area contributed by atoms with Crippen molar-refractivity contribution in [3.63, 3.8) is 0 Å². The third-order valence-electron chi connectivity index (χ3n) is 6.18. The van der Waals surface area contributed by atoms with Crippen LogP contribution >= 0.6 is 23.2 Å². The summed E-state index contributed by atoms with van der Waals surface area (Å²) in [6, 6.07) is 15.2. The van der Waals surface area contributed by atoms with Crippen LogP contribution in [0.25, 0.3) is 21.8 Å². The first kappa shape index (κ1) is 22.7. The maximum atomic E-state index is 12.7. The predicted molar refractivity (Wildman–Crippen MR) is 134 cm³/mol. The van der Waals surface area contributed by atoms with E-state index in [-0.39, 0.29) is 18.2 Å². The van der Waals surface area contributed by atoms with Crippen molar-refractivity contribution in [2.45, 2.75) is 25.8 Å². The van der Waals surface area contributed by atoms with E-state index >= 15 is 0 Å². The molecule has 174 valence electrons. The monoisotopic (exact) mass is 495 g/mol. The van der Waals surface area contributed by atoms with Crippen molar-refractivity contribution in [1.29, 1.82) is 0 Å². The molecule has 0 bridgehead atoms. The summed E-state index contributed by atoms with van der Waals surface area (Å²) in [7, 11) is 0. The summed E-state index contributed by atoms with van der Waals surface area (Å²) < 4.78 is 7.56. The number of fused-ring (bicyclic) bond motifs is 3. The number of aromatic nitrogens is 2. The minimum atomic E-state index is -0.468. The zero-order valence-corrected chi connectivity index (χ0v) is 20.0. The second-order valence-electron chi connectivity index (χ2n) is 8.40. The number of nitrogens with zero attached hydrogens (tertiary/aromatic N) is 3. The van der Waals surface area contributed by atoms with Gasteiger partial charge in [0.1, 0.15) is 5.69 Å². The van der Waals surface area contributed by atoms with Crippen molar-refractivity contribution >= 4 is 56.9 Å². The number of likely N-dealkylation sites (tertiary alicyclic amines) is 1. The molecule has 34 heavy (non-hydrogen) atoms. The molecule has 0 saturated carbocycles. The van der Waals surface area contributed by atoms with Gasteiger partial charge in [0.2, 0.25) is 5.91 Å². The zero-order valence-electron chi connectivity index (χ0n) is 18.5. The molecule has 4 aromatic rings. The SMILES string of the molecule is O=C(OCCCN1CCCC1=O)c1cc2c3ccccc3n(Cc3cc(Cl)ccc3Cl)c2cn1. The van der Waals surface area contributed by atoms with Crippen molar-refractivity contribution in [2.24, 2.45) is 0 Å². The van der Waals surface area contributed by atoms with E-state index in [1.54, 1.807) is 24.4 Å². The van der Waals surface area contributed by atoms with Crippen molar-refractivity contribution in [3.05, 3.63) is 76.0 Å². The van der Waals surface area contributed by atoms with Crippen LogP contribution in [0.5, 0.6) is 0 Å². The van der Waals surface area contributed by atoms with Gasteiger partial charge in [-0.3, -0.25) is 4.79 Å². The van der Waals surface area contributed by atoms with Crippen LogP contribution in [0, 0.1) is 0 Å². The normalized spacial score (nSPS) is 13.8. The van der Waals surface area contributed by atoms with Crippen LogP contribution < -0.4 is 0 Å². The van der Waals surface area contributed by atoms with E-state index in [2.05, 4.69) is 9.55 Å². The highest BCUT2D eigenvalue weighted by atomic mass is 35.5. The van der Waals surface area contributed by atoms with Crippen LogP contribution in [-0.4, -0.2) is 46.0 Å². The van der Waals surface area contributed by atoms with Crippen molar-refractivity contribution in [2.75, 3.05) is 19.7 Å². The second kappa shape index (κ2) is 9.65. The Balaban J connectivity index is 1.38. The molecule has 1 amide bonds. The molecule has 1 aliphatic rings. The molecule has 2 aromatic carbocycles. The number of pyridine rings is 1. The molecule has 1 aliphatic heterocycles. The fourth-order valence-corrected chi connectivity index (χ4v) is 4.87. The lowest BCUT2D eigenvalue weighted by atomic mass is 10.1. The van der Waals surface area contributed by atoms with E-state index in [9.17, 15) is 9.59 Å². The fourth-order valence-electron chi connectivity index (χ4n) is 4.50. The van der Waals surface area contributed by atoms with Gasteiger partial charge in [-0.15, -0.1) is 0 Å². The molecule has 0 atom stereocenters. The highest BCUT2D eigenvalue weighted by Gasteiger charge is 2.20. The minimum absolute atomic E-state index is 0.175. The maximum Gasteiger partial charge on any atom is 0.356 e. The number of carbonyl (C=O) groups is 2.